The predicted molar refractivity (Wildman–Crippen MR) is 266 cm³/mol. The zero-order chi connectivity index (χ0) is 47.9. The molecule has 4 heterocycles. The Hall–Kier alpha value is 2.89. The van der Waals surface area contributed by atoms with Gasteiger partial charge in [0.15, 0.2) is 66.5 Å². The third-order valence-electron chi connectivity index (χ3n) is 6.32. The van der Waals surface area contributed by atoms with Crippen molar-refractivity contribution in [3.63, 3.8) is 0 Å². The molecule has 4 saturated heterocycles. The molecule has 0 saturated carbocycles. The van der Waals surface area contributed by atoms with Crippen molar-refractivity contribution in [2.45, 2.75) is 164 Å². The molecule has 4 fully saturated rings. The Morgan fingerprint density at radius 2 is 0.532 bits per heavy atom. The lowest BCUT2D eigenvalue weighted by Crippen LogP contribution is -2.89. The summed E-state index contributed by atoms with van der Waals surface area (Å²) in [5.74, 6) is 0. The van der Waals surface area contributed by atoms with Crippen LogP contribution in [0.15, 0.2) is 0 Å². The molecular formula is C25H75O20Si17. The Labute approximate surface area is 392 Å². The summed E-state index contributed by atoms with van der Waals surface area (Å²) >= 11 is 0. The first kappa shape index (κ1) is 57.5. The van der Waals surface area contributed by atoms with Gasteiger partial charge in [-0.25, -0.2) is 0 Å². The quantitative estimate of drug-likeness (QED) is 0.131. The zero-order valence-corrected chi connectivity index (χ0v) is 58.7. The lowest BCUT2D eigenvalue weighted by molar-refractivity contribution is -0.0966. The van der Waals surface area contributed by atoms with Crippen molar-refractivity contribution < 1.29 is 82.3 Å². The molecule has 363 valence electrons. The molecule has 6 bridgehead atoms. The van der Waals surface area contributed by atoms with E-state index in [0.717, 1.165) is 0 Å². The van der Waals surface area contributed by atoms with Gasteiger partial charge in [-0.05, 0) is 164 Å². The van der Waals surface area contributed by atoms with Crippen molar-refractivity contribution >= 4 is 149 Å². The van der Waals surface area contributed by atoms with E-state index in [0.29, 0.717) is 0 Å². The smallest absolute Gasteiger partial charge is 0.435 e. The van der Waals surface area contributed by atoms with Crippen LogP contribution in [0, 0.1) is 0 Å². The van der Waals surface area contributed by atoms with E-state index in [1.54, 1.807) is 6.55 Å². The minimum absolute atomic E-state index is 0.642. The number of hydrogen-bond acceptors (Lipinski definition) is 20. The van der Waals surface area contributed by atoms with E-state index < -0.39 is 149 Å². The lowest BCUT2D eigenvalue weighted by atomic mass is 11.8. The first-order valence-electron chi connectivity index (χ1n) is 20.7. The summed E-state index contributed by atoms with van der Waals surface area (Å²) < 4.78 is 143. The molecule has 4 aliphatic heterocycles. The van der Waals surface area contributed by atoms with E-state index in [9.17, 15) is 0 Å². The molecule has 37 heteroatoms. The molecule has 0 aliphatic carbocycles. The summed E-state index contributed by atoms with van der Waals surface area (Å²) in [5, 5.41) is 0. The Bertz CT molecular complexity index is 1500. The molecule has 20 nitrogen and oxygen atoms in total. The normalized spacial score (nSPS) is 36.1. The molecule has 0 amide bonds. The molecule has 4 rings (SSSR count). The van der Waals surface area contributed by atoms with Gasteiger partial charge in [-0.15, -0.1) is 0 Å². The Morgan fingerprint density at radius 3 is 0.774 bits per heavy atom. The fourth-order valence-electron chi connectivity index (χ4n) is 5.45. The maximum absolute atomic E-state index is 7.43. The maximum atomic E-state index is 7.43. The van der Waals surface area contributed by atoms with Crippen molar-refractivity contribution in [3.8, 4) is 0 Å². The van der Waals surface area contributed by atoms with Crippen LogP contribution in [-0.4, -0.2) is 149 Å². The zero-order valence-electron chi connectivity index (χ0n) is 41.7. The number of fused-ring (bicyclic) bond motifs is 4. The van der Waals surface area contributed by atoms with Gasteiger partial charge in [0.2, 0.25) is 0 Å². The van der Waals surface area contributed by atoms with Crippen molar-refractivity contribution in [1.82, 2.24) is 0 Å². The largest absolute Gasteiger partial charge is 0.651 e. The summed E-state index contributed by atoms with van der Waals surface area (Å²) in [5.41, 5.74) is 0. The summed E-state index contributed by atoms with van der Waals surface area (Å²) in [6.45, 7) is 49.2. The molecule has 0 aromatic carbocycles. The Balaban J connectivity index is 2.35. The first-order valence-corrected chi connectivity index (χ1v) is 62.0. The van der Waals surface area contributed by atoms with Gasteiger partial charge in [0.05, 0.1) is 0 Å². The molecule has 4 unspecified atom stereocenters. The van der Waals surface area contributed by atoms with Gasteiger partial charge in [0.1, 0.15) is 0 Å². The average Bonchev–Trinajstić information content (AvgIpc) is 2.80. The van der Waals surface area contributed by atoms with Crippen LogP contribution in [0.25, 0.3) is 0 Å². The SMILES string of the molecule is C[Si]1O[Si]2(O[Si](C)(C)C)O[Si]3(O[Si](C)(C)C)O[Si](O[Si]O[Si](C)(C)C)(O[Si](C)(C)C)O[Si]4(O[Si](C)(C)C)O[Si](O[Si](C)(C)C)(O1)O[Si](O[Si](C)(C)C)(O2)O[Si](O[Si](C)(C)C)(O3)O4. The second kappa shape index (κ2) is 18.5. The van der Waals surface area contributed by atoms with Crippen LogP contribution in [0.1, 0.15) is 0 Å². The van der Waals surface area contributed by atoms with Crippen LogP contribution >= 0.6 is 0 Å². The second-order valence-electron chi connectivity index (χ2n) is 23.0. The van der Waals surface area contributed by atoms with Gasteiger partial charge in [-0.3, -0.25) is 0 Å². The van der Waals surface area contributed by atoms with Gasteiger partial charge in [-0.2, -0.15) is 0 Å². The molecule has 4 aliphatic rings. The van der Waals surface area contributed by atoms with E-state index in [1.807, 2.05) is 157 Å². The van der Waals surface area contributed by atoms with Gasteiger partial charge in [-0.1, -0.05) is 0 Å². The minimum Gasteiger partial charge on any atom is -0.435 e. The fraction of sp³-hybridized carbons (Fsp3) is 1.00. The van der Waals surface area contributed by atoms with Crippen molar-refractivity contribution in [1.29, 1.82) is 0 Å². The third kappa shape index (κ3) is 17.6. The molecule has 3 radical (unpaired) electrons. The fourth-order valence-corrected chi connectivity index (χ4v) is 65.5. The van der Waals surface area contributed by atoms with Gasteiger partial charge >= 0.3 is 82.6 Å². The van der Waals surface area contributed by atoms with Crippen molar-refractivity contribution in [3.05, 3.63) is 0 Å². The lowest BCUT2D eigenvalue weighted by Gasteiger charge is -2.57. The summed E-state index contributed by atoms with van der Waals surface area (Å²) in [6, 6.07) is 0. The van der Waals surface area contributed by atoms with Gasteiger partial charge < -0.3 is 82.3 Å². The number of rotatable bonds is 18. The summed E-state index contributed by atoms with van der Waals surface area (Å²) in [6.07, 6.45) is 0. The van der Waals surface area contributed by atoms with E-state index in [4.69, 9.17) is 82.3 Å². The van der Waals surface area contributed by atoms with E-state index >= 15 is 0 Å². The number of hydrogen-bond donors (Lipinski definition) is 0. The summed E-state index contributed by atoms with van der Waals surface area (Å²) in [7, 11) is -59.9. The van der Waals surface area contributed by atoms with Crippen LogP contribution in [0.5, 0.6) is 0 Å². The van der Waals surface area contributed by atoms with E-state index in [1.165, 1.54) is 0 Å². The minimum atomic E-state index is -5.07. The van der Waals surface area contributed by atoms with Crippen LogP contribution in [0.4, 0.5) is 0 Å². The highest BCUT2D eigenvalue weighted by Crippen LogP contribution is 2.49. The second-order valence-corrected chi connectivity index (χ2v) is 81.3. The molecule has 62 heavy (non-hydrogen) atoms. The highest BCUT2D eigenvalue weighted by atomic mass is 28.7. The van der Waals surface area contributed by atoms with E-state index in [-0.39, 0.29) is 0 Å². The maximum Gasteiger partial charge on any atom is 0.651 e. The predicted octanol–water partition coefficient (Wildman–Crippen LogP) is 6.75. The van der Waals surface area contributed by atoms with Gasteiger partial charge in [0, 0.05) is 0 Å². The topological polar surface area (TPSA) is 185 Å². The Kier molecular flexibility index (Phi) is 17.1. The summed E-state index contributed by atoms with van der Waals surface area (Å²) in [4.78, 5) is 0. The van der Waals surface area contributed by atoms with Crippen LogP contribution in [0.3, 0.4) is 0 Å². The average molecular weight is 1170 g/mol. The highest BCUT2D eigenvalue weighted by molar-refractivity contribution is 7.01. The van der Waals surface area contributed by atoms with Crippen molar-refractivity contribution in [2.24, 2.45) is 0 Å². The monoisotopic (exact) mass is 1170 g/mol. The molecule has 0 aromatic rings. The Morgan fingerprint density at radius 1 is 0.306 bits per heavy atom. The van der Waals surface area contributed by atoms with E-state index in [2.05, 4.69) is 0 Å². The standard InChI is InChI=1S/C25H75O20Si17/c1-47-28-57(31-50(8,9)10)39-59(33-52(14,15)16)37-56(30-49(5,6)7,27-46-26-48(2,3)4)38-60(34-53(17,18)19)40-58(29-47,32-51(11,12)13)42-61(41-57,35-54(20,21)22)45-62(43-59,44-60)36-55(23,24)25/h1-25H3. The van der Waals surface area contributed by atoms with Crippen LogP contribution in [-0.2, 0) is 82.3 Å². The first-order chi connectivity index (χ1) is 27.1. The molecule has 0 aromatic heterocycles. The van der Waals surface area contributed by atoms with Gasteiger partial charge in [0.25, 0.3) is 0 Å². The van der Waals surface area contributed by atoms with Crippen molar-refractivity contribution in [2.75, 3.05) is 0 Å². The van der Waals surface area contributed by atoms with Crippen LogP contribution in [0.2, 0.25) is 164 Å². The van der Waals surface area contributed by atoms with Crippen LogP contribution < -0.4 is 0 Å². The molecule has 0 spiro atoms. The molecule has 4 atom stereocenters. The highest BCUT2D eigenvalue weighted by Gasteiger charge is 2.87. The molecular weight excluding hydrogens is 1100 g/mol. The third-order valence-corrected chi connectivity index (χ3v) is 56.9. The molecule has 0 N–H and O–H groups in total.